The van der Waals surface area contributed by atoms with Crippen LogP contribution in [0.1, 0.15) is 35.7 Å². The minimum atomic E-state index is -0.368. The van der Waals surface area contributed by atoms with Gasteiger partial charge in [0.05, 0.1) is 11.1 Å². The van der Waals surface area contributed by atoms with Crippen molar-refractivity contribution in [3.05, 3.63) is 29.3 Å². The molecule has 1 aliphatic rings. The van der Waals surface area contributed by atoms with E-state index in [0.717, 1.165) is 18.4 Å². The second-order valence-electron chi connectivity index (χ2n) is 5.37. The smallest absolute Gasteiger partial charge is 0.255 e. The summed E-state index contributed by atoms with van der Waals surface area (Å²) in [6.45, 7) is 4.27. The molecule has 1 aromatic rings. The number of aromatic hydroxyl groups is 1. The first-order chi connectivity index (χ1) is 8.46. The van der Waals surface area contributed by atoms with E-state index >= 15 is 0 Å². The van der Waals surface area contributed by atoms with Gasteiger partial charge in [0.2, 0.25) is 0 Å². The monoisotopic (exact) mass is 248 g/mol. The highest BCUT2D eigenvalue weighted by Crippen LogP contribution is 2.39. The van der Waals surface area contributed by atoms with Crippen molar-refractivity contribution in [2.45, 2.75) is 32.2 Å². The van der Waals surface area contributed by atoms with Crippen molar-refractivity contribution >= 4 is 5.91 Å². The van der Waals surface area contributed by atoms with Gasteiger partial charge in [-0.2, -0.15) is 0 Å². The molecule has 0 aliphatic heterocycles. The lowest BCUT2D eigenvalue weighted by Crippen LogP contribution is -2.53. The van der Waals surface area contributed by atoms with Gasteiger partial charge in [-0.3, -0.25) is 4.79 Å². The Hall–Kier alpha value is -1.55. The first-order valence-corrected chi connectivity index (χ1v) is 6.28. The molecule has 1 atom stereocenters. The van der Waals surface area contributed by atoms with E-state index < -0.39 is 0 Å². The minimum absolute atomic E-state index is 0.00766. The fourth-order valence-electron chi connectivity index (χ4n) is 2.20. The summed E-state index contributed by atoms with van der Waals surface area (Å²) in [5.74, 6) is 0.211. The van der Waals surface area contributed by atoms with E-state index in [1.807, 2.05) is 13.8 Å². The molecule has 4 N–H and O–H groups in total. The molecule has 0 heterocycles. The van der Waals surface area contributed by atoms with Gasteiger partial charge in [0.1, 0.15) is 5.75 Å². The predicted octanol–water partition coefficient (Wildman–Crippen LogP) is 1.56. The Morgan fingerprint density at radius 2 is 2.22 bits per heavy atom. The van der Waals surface area contributed by atoms with E-state index in [0.29, 0.717) is 18.0 Å². The average Bonchev–Trinajstić information content (AvgIpc) is 3.16. The van der Waals surface area contributed by atoms with Crippen molar-refractivity contribution in [1.29, 1.82) is 0 Å². The Kier molecular flexibility index (Phi) is 3.30. The van der Waals surface area contributed by atoms with Crippen LogP contribution in [0, 0.1) is 12.8 Å². The van der Waals surface area contributed by atoms with Crippen LogP contribution in [0.25, 0.3) is 0 Å². The summed E-state index contributed by atoms with van der Waals surface area (Å²) in [6, 6.07) is 5.00. The molecule has 1 saturated carbocycles. The van der Waals surface area contributed by atoms with Crippen LogP contribution in [0.3, 0.4) is 0 Å². The number of carbonyl (C=O) groups excluding carboxylic acids is 1. The molecule has 4 heteroatoms. The van der Waals surface area contributed by atoms with Crippen molar-refractivity contribution < 1.29 is 9.90 Å². The number of carbonyl (C=O) groups is 1. The van der Waals surface area contributed by atoms with Crippen LogP contribution >= 0.6 is 0 Å². The van der Waals surface area contributed by atoms with Crippen molar-refractivity contribution in [3.63, 3.8) is 0 Å². The normalized spacial score (nSPS) is 18.2. The zero-order chi connectivity index (χ0) is 13.3. The number of amides is 1. The SMILES string of the molecule is Cc1ccc(O)c(C(=O)NC(C)(CN)C2CC2)c1. The largest absolute Gasteiger partial charge is 0.507 e. The molecule has 1 unspecified atom stereocenters. The van der Waals surface area contributed by atoms with Crippen LogP contribution in [0.4, 0.5) is 0 Å². The molecule has 2 rings (SSSR count). The first-order valence-electron chi connectivity index (χ1n) is 6.28. The number of nitrogens with one attached hydrogen (secondary N) is 1. The van der Waals surface area contributed by atoms with Crippen LogP contribution in [0.15, 0.2) is 18.2 Å². The predicted molar refractivity (Wildman–Crippen MR) is 70.5 cm³/mol. The lowest BCUT2D eigenvalue weighted by molar-refractivity contribution is 0.0895. The number of hydrogen-bond donors (Lipinski definition) is 3. The van der Waals surface area contributed by atoms with E-state index in [-0.39, 0.29) is 17.2 Å². The maximum Gasteiger partial charge on any atom is 0.255 e. The van der Waals surface area contributed by atoms with Gasteiger partial charge in [0.25, 0.3) is 5.91 Å². The molecule has 1 aromatic carbocycles. The van der Waals surface area contributed by atoms with Crippen LogP contribution in [0.2, 0.25) is 0 Å². The van der Waals surface area contributed by atoms with Crippen LogP contribution < -0.4 is 11.1 Å². The van der Waals surface area contributed by atoms with Crippen molar-refractivity contribution in [2.75, 3.05) is 6.54 Å². The molecule has 0 aromatic heterocycles. The zero-order valence-electron chi connectivity index (χ0n) is 10.9. The van der Waals surface area contributed by atoms with Crippen molar-refractivity contribution in [3.8, 4) is 5.75 Å². The topological polar surface area (TPSA) is 75.3 Å². The molecule has 18 heavy (non-hydrogen) atoms. The Morgan fingerprint density at radius 1 is 1.56 bits per heavy atom. The Bertz CT molecular complexity index is 469. The number of rotatable bonds is 4. The highest BCUT2D eigenvalue weighted by molar-refractivity contribution is 5.97. The zero-order valence-corrected chi connectivity index (χ0v) is 10.9. The third-order valence-corrected chi connectivity index (χ3v) is 3.70. The molecule has 0 saturated heterocycles. The third-order valence-electron chi connectivity index (χ3n) is 3.70. The Labute approximate surface area is 107 Å². The van der Waals surface area contributed by atoms with Gasteiger partial charge >= 0.3 is 0 Å². The van der Waals surface area contributed by atoms with Crippen LogP contribution in [-0.4, -0.2) is 23.1 Å². The molecule has 4 nitrogen and oxygen atoms in total. The first kappa shape index (κ1) is 12.9. The summed E-state index contributed by atoms with van der Waals surface area (Å²) in [5, 5.41) is 12.7. The standard InChI is InChI=1S/C14H20N2O2/c1-9-3-6-12(17)11(7-9)13(18)16-14(2,8-15)10-4-5-10/h3,6-7,10,17H,4-5,8,15H2,1-2H3,(H,16,18). The Morgan fingerprint density at radius 3 is 2.78 bits per heavy atom. The summed E-state index contributed by atoms with van der Waals surface area (Å²) in [4.78, 5) is 12.2. The molecule has 0 radical (unpaired) electrons. The number of nitrogens with two attached hydrogens (primary N) is 1. The van der Waals surface area contributed by atoms with Gasteiger partial charge < -0.3 is 16.2 Å². The van der Waals surface area contributed by atoms with E-state index in [2.05, 4.69) is 5.32 Å². The fourth-order valence-corrected chi connectivity index (χ4v) is 2.20. The van der Waals surface area contributed by atoms with E-state index in [1.54, 1.807) is 18.2 Å². The maximum atomic E-state index is 12.2. The molecular formula is C14H20N2O2. The molecule has 1 amide bonds. The minimum Gasteiger partial charge on any atom is -0.507 e. The highest BCUT2D eigenvalue weighted by atomic mass is 16.3. The lowest BCUT2D eigenvalue weighted by Gasteiger charge is -2.29. The van der Waals surface area contributed by atoms with Gasteiger partial charge in [0.15, 0.2) is 0 Å². The summed E-state index contributed by atoms with van der Waals surface area (Å²) in [5.41, 5.74) is 6.66. The fraction of sp³-hybridized carbons (Fsp3) is 0.500. The summed E-state index contributed by atoms with van der Waals surface area (Å²) < 4.78 is 0. The summed E-state index contributed by atoms with van der Waals surface area (Å²) >= 11 is 0. The number of hydrogen-bond acceptors (Lipinski definition) is 3. The molecule has 1 fully saturated rings. The van der Waals surface area contributed by atoms with Gasteiger partial charge in [-0.25, -0.2) is 0 Å². The van der Waals surface area contributed by atoms with E-state index in [1.165, 1.54) is 0 Å². The highest BCUT2D eigenvalue weighted by Gasteiger charge is 2.41. The number of phenolic OH excluding ortho intramolecular Hbond substituents is 1. The van der Waals surface area contributed by atoms with Gasteiger partial charge in [-0.1, -0.05) is 11.6 Å². The molecule has 0 bridgehead atoms. The second-order valence-corrected chi connectivity index (χ2v) is 5.37. The molecule has 0 spiro atoms. The third kappa shape index (κ3) is 2.48. The molecule has 1 aliphatic carbocycles. The van der Waals surface area contributed by atoms with Crippen molar-refractivity contribution in [1.82, 2.24) is 5.32 Å². The van der Waals surface area contributed by atoms with E-state index in [9.17, 15) is 9.90 Å². The molecule has 98 valence electrons. The summed E-state index contributed by atoms with van der Waals surface area (Å²) in [7, 11) is 0. The molecular weight excluding hydrogens is 228 g/mol. The average molecular weight is 248 g/mol. The number of phenols is 1. The van der Waals surface area contributed by atoms with E-state index in [4.69, 9.17) is 5.73 Å². The summed E-state index contributed by atoms with van der Waals surface area (Å²) in [6.07, 6.45) is 2.21. The number of aryl methyl sites for hydroxylation is 1. The second kappa shape index (κ2) is 4.61. The van der Waals surface area contributed by atoms with Gasteiger partial charge in [-0.05, 0) is 44.7 Å². The van der Waals surface area contributed by atoms with Crippen LogP contribution in [-0.2, 0) is 0 Å². The quantitative estimate of drug-likeness (QED) is 0.757. The van der Waals surface area contributed by atoms with Crippen molar-refractivity contribution in [2.24, 2.45) is 11.7 Å². The van der Waals surface area contributed by atoms with Crippen LogP contribution in [0.5, 0.6) is 5.75 Å². The van der Waals surface area contributed by atoms with Gasteiger partial charge in [-0.15, -0.1) is 0 Å². The number of benzene rings is 1. The Balaban J connectivity index is 2.18. The maximum absolute atomic E-state index is 12.2. The lowest BCUT2D eigenvalue weighted by atomic mass is 9.95. The van der Waals surface area contributed by atoms with Gasteiger partial charge in [0, 0.05) is 6.54 Å².